The van der Waals surface area contributed by atoms with Crippen LogP contribution in [0.2, 0.25) is 0 Å². The van der Waals surface area contributed by atoms with E-state index < -0.39 is 0 Å². The summed E-state index contributed by atoms with van der Waals surface area (Å²) >= 11 is 0. The van der Waals surface area contributed by atoms with Crippen LogP contribution in [0.25, 0.3) is 0 Å². The van der Waals surface area contributed by atoms with Gasteiger partial charge in [0.1, 0.15) is 0 Å². The van der Waals surface area contributed by atoms with E-state index in [4.69, 9.17) is 11.0 Å². The Morgan fingerprint density at radius 3 is 2.77 bits per heavy atom. The molecule has 1 unspecified atom stereocenters. The molecule has 0 fully saturated rings. The number of nitrogens with two attached hydrogens (primary N) is 1. The maximum absolute atomic E-state index is 12.3. The Bertz CT molecular complexity index is 493. The maximum atomic E-state index is 12.3. The molecule has 4 N–H and O–H groups in total. The van der Waals surface area contributed by atoms with Crippen LogP contribution in [0.1, 0.15) is 39.0 Å². The number of amides is 1. The molecule has 1 atom stereocenters. The van der Waals surface area contributed by atoms with E-state index in [1.807, 2.05) is 13.0 Å². The minimum atomic E-state index is -0.346. The first-order valence-electron chi connectivity index (χ1n) is 7.58. The van der Waals surface area contributed by atoms with Crippen molar-refractivity contribution in [1.82, 2.24) is 4.90 Å². The van der Waals surface area contributed by atoms with Gasteiger partial charge in [-0.25, -0.2) is 0 Å². The van der Waals surface area contributed by atoms with Gasteiger partial charge in [0.15, 0.2) is 11.5 Å². The average Bonchev–Trinajstić information content (AvgIpc) is 2.49. The van der Waals surface area contributed by atoms with Gasteiger partial charge in [0.2, 0.25) is 5.91 Å². The van der Waals surface area contributed by atoms with Crippen molar-refractivity contribution in [3.63, 3.8) is 0 Å². The summed E-state index contributed by atoms with van der Waals surface area (Å²) < 4.78 is 0. The molecule has 0 aromatic rings. The maximum Gasteiger partial charge on any atom is 0.222 e. The number of aliphatic hydroxyl groups excluding tert-OH is 2. The number of hydrogen-bond acceptors (Lipinski definition) is 5. The molecule has 6 heteroatoms. The van der Waals surface area contributed by atoms with Crippen molar-refractivity contribution in [3.05, 3.63) is 23.7 Å². The smallest absolute Gasteiger partial charge is 0.222 e. The monoisotopic (exact) mass is 307 g/mol. The highest BCUT2D eigenvalue weighted by atomic mass is 16.3. The van der Waals surface area contributed by atoms with Gasteiger partial charge >= 0.3 is 0 Å². The van der Waals surface area contributed by atoms with E-state index >= 15 is 0 Å². The highest BCUT2D eigenvalue weighted by molar-refractivity contribution is 5.76. The van der Waals surface area contributed by atoms with Crippen molar-refractivity contribution in [2.45, 2.75) is 39.0 Å². The molecule has 1 aliphatic carbocycles. The van der Waals surface area contributed by atoms with E-state index in [0.29, 0.717) is 51.7 Å². The molecule has 0 heterocycles. The molecular formula is C16H25N3O3. The third-order valence-electron chi connectivity index (χ3n) is 3.90. The van der Waals surface area contributed by atoms with E-state index in [0.717, 1.165) is 0 Å². The van der Waals surface area contributed by atoms with Crippen LogP contribution in [-0.4, -0.2) is 40.7 Å². The number of carbonyl (C=O) groups is 1. The molecule has 22 heavy (non-hydrogen) atoms. The van der Waals surface area contributed by atoms with Crippen molar-refractivity contribution in [2.75, 3.05) is 19.6 Å². The van der Waals surface area contributed by atoms with Gasteiger partial charge in [-0.05, 0) is 43.4 Å². The first kappa shape index (κ1) is 18.1. The molecule has 0 aromatic carbocycles. The molecule has 6 nitrogen and oxygen atoms in total. The quantitative estimate of drug-likeness (QED) is 0.636. The molecule has 0 spiro atoms. The van der Waals surface area contributed by atoms with Crippen LogP contribution in [0.4, 0.5) is 0 Å². The Morgan fingerprint density at radius 1 is 1.45 bits per heavy atom. The van der Waals surface area contributed by atoms with E-state index in [2.05, 4.69) is 0 Å². The molecule has 0 aliphatic heterocycles. The fourth-order valence-electron chi connectivity index (χ4n) is 2.45. The second-order valence-corrected chi connectivity index (χ2v) is 5.91. The van der Waals surface area contributed by atoms with Gasteiger partial charge in [-0.1, -0.05) is 6.92 Å². The third kappa shape index (κ3) is 5.41. The number of hydrogen-bond donors (Lipinski definition) is 3. The SMILES string of the molecule is CC1(CCC(=O)N(CCC#N)CCCN)C=C(O)C(O)=CC1. The molecule has 0 bridgehead atoms. The number of rotatable bonds is 8. The van der Waals surface area contributed by atoms with Gasteiger partial charge in [-0.3, -0.25) is 4.79 Å². The van der Waals surface area contributed by atoms with Gasteiger partial charge in [0, 0.05) is 19.5 Å². The summed E-state index contributed by atoms with van der Waals surface area (Å²) in [6.45, 7) is 3.44. The van der Waals surface area contributed by atoms with E-state index in [1.54, 1.807) is 17.1 Å². The summed E-state index contributed by atoms with van der Waals surface area (Å²) in [5.74, 6) is -0.246. The summed E-state index contributed by atoms with van der Waals surface area (Å²) in [6.07, 6.45) is 5.70. The number of nitrogens with zero attached hydrogens (tertiary/aromatic N) is 2. The molecule has 0 saturated heterocycles. The lowest BCUT2D eigenvalue weighted by Gasteiger charge is -2.29. The van der Waals surface area contributed by atoms with Crippen LogP contribution in [-0.2, 0) is 4.79 Å². The van der Waals surface area contributed by atoms with Crippen LogP contribution in [0.5, 0.6) is 0 Å². The van der Waals surface area contributed by atoms with E-state index in [9.17, 15) is 15.0 Å². The number of aliphatic hydroxyl groups is 2. The third-order valence-corrected chi connectivity index (χ3v) is 3.90. The van der Waals surface area contributed by atoms with Crippen molar-refractivity contribution in [1.29, 1.82) is 5.26 Å². The predicted octanol–water partition coefficient (Wildman–Crippen LogP) is 2.15. The summed E-state index contributed by atoms with van der Waals surface area (Å²) in [7, 11) is 0. The Kier molecular flexibility index (Phi) is 6.93. The molecule has 0 saturated carbocycles. The first-order valence-corrected chi connectivity index (χ1v) is 7.58. The van der Waals surface area contributed by atoms with Gasteiger partial charge in [0.25, 0.3) is 0 Å². The molecule has 1 aliphatic rings. The molecule has 0 radical (unpaired) electrons. The molecule has 1 amide bonds. The van der Waals surface area contributed by atoms with Crippen molar-refractivity contribution < 1.29 is 15.0 Å². The van der Waals surface area contributed by atoms with E-state index in [1.165, 1.54) is 0 Å². The second-order valence-electron chi connectivity index (χ2n) is 5.91. The summed E-state index contributed by atoms with van der Waals surface area (Å²) in [5, 5.41) is 27.7. The number of allylic oxidation sites excluding steroid dienone is 2. The minimum Gasteiger partial charge on any atom is -0.504 e. The molecule has 122 valence electrons. The molecular weight excluding hydrogens is 282 g/mol. The Morgan fingerprint density at radius 2 is 2.18 bits per heavy atom. The van der Waals surface area contributed by atoms with Crippen molar-refractivity contribution in [3.8, 4) is 6.07 Å². The zero-order valence-corrected chi connectivity index (χ0v) is 13.1. The standard InChI is InChI=1S/C16H25N3O3/c1-16(6-4-13(20)14(21)12-16)7-5-15(22)19(10-2-8-17)11-3-9-18/h4,12,20-21H,2-3,5-8,10-11,17H2,1H3. The summed E-state index contributed by atoms with van der Waals surface area (Å²) in [5.41, 5.74) is 5.13. The topological polar surface area (TPSA) is 111 Å². The highest BCUT2D eigenvalue weighted by Gasteiger charge is 2.27. The fourth-order valence-corrected chi connectivity index (χ4v) is 2.45. The average molecular weight is 307 g/mol. The van der Waals surface area contributed by atoms with Gasteiger partial charge in [-0.15, -0.1) is 0 Å². The zero-order chi connectivity index (χ0) is 16.6. The van der Waals surface area contributed by atoms with Crippen molar-refractivity contribution in [2.24, 2.45) is 11.1 Å². The van der Waals surface area contributed by atoms with Crippen molar-refractivity contribution >= 4 is 5.91 Å². The van der Waals surface area contributed by atoms with Crippen LogP contribution in [0, 0.1) is 16.7 Å². The van der Waals surface area contributed by atoms with Crippen LogP contribution < -0.4 is 5.73 Å². The largest absolute Gasteiger partial charge is 0.504 e. The van der Waals surface area contributed by atoms with E-state index in [-0.39, 0.29) is 22.8 Å². The normalized spacial score (nSPS) is 20.8. The minimum absolute atomic E-state index is 0.00316. The Hall–Kier alpha value is -2.00. The van der Waals surface area contributed by atoms with Gasteiger partial charge < -0.3 is 20.8 Å². The summed E-state index contributed by atoms with van der Waals surface area (Å²) in [4.78, 5) is 14.0. The molecule has 1 rings (SSSR count). The molecule has 0 aromatic heterocycles. The first-order chi connectivity index (χ1) is 10.4. The fraction of sp³-hybridized carbons (Fsp3) is 0.625. The lowest BCUT2D eigenvalue weighted by molar-refractivity contribution is -0.131. The Labute approximate surface area is 131 Å². The second kappa shape index (κ2) is 8.44. The van der Waals surface area contributed by atoms with Crippen LogP contribution in [0.3, 0.4) is 0 Å². The lowest BCUT2D eigenvalue weighted by Crippen LogP contribution is -2.34. The lowest BCUT2D eigenvalue weighted by atomic mass is 9.79. The van der Waals surface area contributed by atoms with Crippen LogP contribution in [0.15, 0.2) is 23.7 Å². The van der Waals surface area contributed by atoms with Crippen LogP contribution >= 0.6 is 0 Å². The van der Waals surface area contributed by atoms with Gasteiger partial charge in [-0.2, -0.15) is 5.26 Å². The van der Waals surface area contributed by atoms with Gasteiger partial charge in [0.05, 0.1) is 12.5 Å². The number of carbonyl (C=O) groups excluding carboxylic acids is 1. The predicted molar refractivity (Wildman–Crippen MR) is 83.9 cm³/mol. The zero-order valence-electron chi connectivity index (χ0n) is 13.1. The number of nitriles is 1. The Balaban J connectivity index is 2.57. The highest BCUT2D eigenvalue weighted by Crippen LogP contribution is 2.35. The summed E-state index contributed by atoms with van der Waals surface area (Å²) in [6, 6.07) is 2.05.